The first-order chi connectivity index (χ1) is 10.3. The Labute approximate surface area is 125 Å². The van der Waals surface area contributed by atoms with Crippen LogP contribution in [0.4, 0.5) is 5.82 Å². The van der Waals surface area contributed by atoms with Gasteiger partial charge in [0.2, 0.25) is 0 Å². The molecule has 21 heavy (non-hydrogen) atoms. The van der Waals surface area contributed by atoms with Crippen molar-refractivity contribution in [3.05, 3.63) is 24.2 Å². The lowest BCUT2D eigenvalue weighted by Gasteiger charge is -2.36. The minimum absolute atomic E-state index is 0.708. The van der Waals surface area contributed by atoms with E-state index in [1.807, 2.05) is 23.8 Å². The molecular formula is C16H23N5. The van der Waals surface area contributed by atoms with Gasteiger partial charge >= 0.3 is 0 Å². The minimum Gasteiger partial charge on any atom is -0.354 e. The molecule has 2 atom stereocenters. The zero-order valence-corrected chi connectivity index (χ0v) is 12.6. The second kappa shape index (κ2) is 5.30. The number of nitrogens with zero attached hydrogens (tertiary/aromatic N) is 4. The molecule has 4 heterocycles. The van der Waals surface area contributed by atoms with Gasteiger partial charge in [-0.2, -0.15) is 5.10 Å². The van der Waals surface area contributed by atoms with Gasteiger partial charge in [-0.3, -0.25) is 0 Å². The number of anilines is 1. The maximum atomic E-state index is 4.65. The fraction of sp³-hybridized carbons (Fsp3) is 0.625. The average Bonchev–Trinajstić information content (AvgIpc) is 3.15. The van der Waals surface area contributed by atoms with Crippen LogP contribution >= 0.6 is 0 Å². The molecule has 0 bridgehead atoms. The third-order valence-corrected chi connectivity index (χ3v) is 4.92. The highest BCUT2D eigenvalue weighted by Crippen LogP contribution is 2.29. The number of piperidine rings is 1. The van der Waals surface area contributed by atoms with Gasteiger partial charge in [-0.1, -0.05) is 0 Å². The molecule has 5 heteroatoms. The molecule has 2 aliphatic rings. The number of hydrogen-bond acceptors (Lipinski definition) is 4. The highest BCUT2D eigenvalue weighted by molar-refractivity contribution is 5.69. The molecule has 2 saturated heterocycles. The van der Waals surface area contributed by atoms with Crippen molar-refractivity contribution in [3.63, 3.8) is 0 Å². The van der Waals surface area contributed by atoms with Gasteiger partial charge in [-0.25, -0.2) is 9.50 Å². The Morgan fingerprint density at radius 3 is 3.10 bits per heavy atom. The van der Waals surface area contributed by atoms with E-state index in [1.54, 1.807) is 0 Å². The summed E-state index contributed by atoms with van der Waals surface area (Å²) < 4.78 is 1.95. The van der Waals surface area contributed by atoms with Gasteiger partial charge < -0.3 is 10.2 Å². The standard InChI is InChI=1S/C16H23N5/c1-12-10-15-16(18-7-9-21(15)19-12)20-8-3-4-13(11-20)14-5-2-6-17-14/h7,9-10,13-14,17H,2-6,8,11H2,1H3. The van der Waals surface area contributed by atoms with E-state index in [-0.39, 0.29) is 0 Å². The number of fused-ring (bicyclic) bond motifs is 1. The normalized spacial score (nSPS) is 26.6. The third kappa shape index (κ3) is 2.39. The Kier molecular flexibility index (Phi) is 3.30. The van der Waals surface area contributed by atoms with Crippen LogP contribution in [-0.2, 0) is 0 Å². The highest BCUT2D eigenvalue weighted by Gasteiger charge is 2.30. The Morgan fingerprint density at radius 1 is 1.29 bits per heavy atom. The van der Waals surface area contributed by atoms with Crippen LogP contribution in [0, 0.1) is 12.8 Å². The number of hydrogen-bond donors (Lipinski definition) is 1. The summed E-state index contributed by atoms with van der Waals surface area (Å²) in [7, 11) is 0. The first kappa shape index (κ1) is 13.1. The van der Waals surface area contributed by atoms with Gasteiger partial charge in [0.15, 0.2) is 5.82 Å². The maximum absolute atomic E-state index is 4.65. The average molecular weight is 285 g/mol. The lowest BCUT2D eigenvalue weighted by molar-refractivity contribution is 0.328. The fourth-order valence-electron chi connectivity index (χ4n) is 3.92. The number of nitrogens with one attached hydrogen (secondary N) is 1. The van der Waals surface area contributed by atoms with Crippen LogP contribution in [0.15, 0.2) is 18.5 Å². The molecule has 4 rings (SSSR count). The van der Waals surface area contributed by atoms with Crippen molar-refractivity contribution in [1.29, 1.82) is 0 Å². The fourth-order valence-corrected chi connectivity index (χ4v) is 3.92. The van der Waals surface area contributed by atoms with Crippen molar-refractivity contribution in [2.24, 2.45) is 5.92 Å². The monoisotopic (exact) mass is 285 g/mol. The smallest absolute Gasteiger partial charge is 0.154 e. The summed E-state index contributed by atoms with van der Waals surface area (Å²) in [5.41, 5.74) is 2.19. The molecule has 0 aliphatic carbocycles. The van der Waals surface area contributed by atoms with Gasteiger partial charge in [0.1, 0.15) is 5.52 Å². The van der Waals surface area contributed by atoms with Crippen LogP contribution in [0.1, 0.15) is 31.4 Å². The quantitative estimate of drug-likeness (QED) is 0.917. The van der Waals surface area contributed by atoms with Crippen LogP contribution in [0.3, 0.4) is 0 Å². The van der Waals surface area contributed by atoms with Crippen molar-refractivity contribution in [1.82, 2.24) is 19.9 Å². The molecule has 5 nitrogen and oxygen atoms in total. The van der Waals surface area contributed by atoms with Crippen molar-refractivity contribution in [3.8, 4) is 0 Å². The molecular weight excluding hydrogens is 262 g/mol. The van der Waals surface area contributed by atoms with E-state index >= 15 is 0 Å². The lowest BCUT2D eigenvalue weighted by atomic mass is 9.90. The molecule has 2 aromatic heterocycles. The van der Waals surface area contributed by atoms with E-state index in [4.69, 9.17) is 0 Å². The molecule has 0 radical (unpaired) electrons. The zero-order valence-electron chi connectivity index (χ0n) is 12.6. The largest absolute Gasteiger partial charge is 0.354 e. The van der Waals surface area contributed by atoms with Gasteiger partial charge in [-0.05, 0) is 51.1 Å². The number of aromatic nitrogens is 3. The SMILES string of the molecule is Cc1cc2c(N3CCCC(C4CCCN4)C3)nccn2n1. The Bertz CT molecular complexity index is 629. The third-order valence-electron chi connectivity index (χ3n) is 4.92. The number of aryl methyl sites for hydroxylation is 1. The van der Waals surface area contributed by atoms with E-state index in [9.17, 15) is 0 Å². The zero-order chi connectivity index (χ0) is 14.2. The van der Waals surface area contributed by atoms with Gasteiger partial charge in [-0.15, -0.1) is 0 Å². The van der Waals surface area contributed by atoms with Crippen molar-refractivity contribution < 1.29 is 0 Å². The molecule has 112 valence electrons. The molecule has 0 saturated carbocycles. The highest BCUT2D eigenvalue weighted by atomic mass is 15.3. The van der Waals surface area contributed by atoms with E-state index in [1.165, 1.54) is 32.2 Å². The first-order valence-corrected chi connectivity index (χ1v) is 8.10. The summed E-state index contributed by atoms with van der Waals surface area (Å²) in [4.78, 5) is 7.11. The van der Waals surface area contributed by atoms with Crippen LogP contribution in [0.25, 0.3) is 5.52 Å². The summed E-state index contributed by atoms with van der Waals surface area (Å²) in [5, 5.41) is 8.18. The van der Waals surface area contributed by atoms with E-state index in [0.717, 1.165) is 36.0 Å². The molecule has 0 amide bonds. The summed E-state index contributed by atoms with van der Waals surface area (Å²) in [5.74, 6) is 1.85. The molecule has 2 fully saturated rings. The van der Waals surface area contributed by atoms with Gasteiger partial charge in [0.25, 0.3) is 0 Å². The van der Waals surface area contributed by atoms with Crippen molar-refractivity contribution in [2.45, 2.75) is 38.6 Å². The van der Waals surface area contributed by atoms with Crippen molar-refractivity contribution >= 4 is 11.3 Å². The van der Waals surface area contributed by atoms with Gasteiger partial charge in [0, 0.05) is 31.5 Å². The summed E-state index contributed by atoms with van der Waals surface area (Å²) in [6, 6.07) is 2.85. The molecule has 2 unspecified atom stereocenters. The molecule has 1 N–H and O–H groups in total. The van der Waals surface area contributed by atoms with E-state index < -0.39 is 0 Å². The minimum atomic E-state index is 0.708. The Balaban J connectivity index is 1.61. The van der Waals surface area contributed by atoms with E-state index in [0.29, 0.717) is 6.04 Å². The van der Waals surface area contributed by atoms with Crippen LogP contribution in [0.2, 0.25) is 0 Å². The summed E-state index contributed by atoms with van der Waals surface area (Å²) in [6.45, 7) is 5.46. The number of rotatable bonds is 2. The second-order valence-corrected chi connectivity index (χ2v) is 6.42. The summed E-state index contributed by atoms with van der Waals surface area (Å²) in [6.07, 6.45) is 9.07. The first-order valence-electron chi connectivity index (χ1n) is 8.10. The van der Waals surface area contributed by atoms with Crippen LogP contribution in [-0.4, -0.2) is 40.3 Å². The van der Waals surface area contributed by atoms with Crippen LogP contribution in [0.5, 0.6) is 0 Å². The van der Waals surface area contributed by atoms with Crippen molar-refractivity contribution in [2.75, 3.05) is 24.5 Å². The lowest BCUT2D eigenvalue weighted by Crippen LogP contribution is -2.44. The molecule has 2 aromatic rings. The van der Waals surface area contributed by atoms with E-state index in [2.05, 4.69) is 26.4 Å². The molecule has 0 spiro atoms. The second-order valence-electron chi connectivity index (χ2n) is 6.42. The predicted octanol–water partition coefficient (Wildman–Crippen LogP) is 2.01. The molecule has 2 aliphatic heterocycles. The maximum Gasteiger partial charge on any atom is 0.154 e. The molecule has 0 aromatic carbocycles. The van der Waals surface area contributed by atoms with Crippen LogP contribution < -0.4 is 10.2 Å². The van der Waals surface area contributed by atoms with Gasteiger partial charge in [0.05, 0.1) is 5.69 Å². The topological polar surface area (TPSA) is 45.5 Å². The Hall–Kier alpha value is -1.62. The Morgan fingerprint density at radius 2 is 2.24 bits per heavy atom. The summed E-state index contributed by atoms with van der Waals surface area (Å²) >= 11 is 0. The predicted molar refractivity (Wildman–Crippen MR) is 83.7 cm³/mol.